The molecule has 4 aromatic carbocycles. The fourth-order valence-electron chi connectivity index (χ4n) is 7.80. The van der Waals surface area contributed by atoms with Crippen molar-refractivity contribution in [1.29, 1.82) is 0 Å². The van der Waals surface area contributed by atoms with Crippen LogP contribution in [0.1, 0.15) is 162 Å². The molecule has 0 saturated heterocycles. The average molecular weight is 659 g/mol. The first kappa shape index (κ1) is 36.8. The molecule has 0 bridgehead atoms. The summed E-state index contributed by atoms with van der Waals surface area (Å²) in [6.07, 6.45) is 11.8. The number of aryl methyl sites for hydroxylation is 2. The van der Waals surface area contributed by atoms with Gasteiger partial charge in [0.1, 0.15) is 11.5 Å². The van der Waals surface area contributed by atoms with E-state index in [9.17, 15) is 0 Å². The number of ether oxygens (including phenoxy) is 2. The van der Waals surface area contributed by atoms with Crippen LogP contribution in [0.15, 0.2) is 72.8 Å². The summed E-state index contributed by atoms with van der Waals surface area (Å²) in [7, 11) is 0. The van der Waals surface area contributed by atoms with Gasteiger partial charge in [0.2, 0.25) is 0 Å². The highest BCUT2D eigenvalue weighted by atomic mass is 16.5. The second-order valence-corrected chi connectivity index (χ2v) is 14.8. The van der Waals surface area contributed by atoms with E-state index in [1.165, 1.54) is 94.2 Å². The van der Waals surface area contributed by atoms with Gasteiger partial charge in [0, 0.05) is 0 Å². The molecule has 0 N–H and O–H groups in total. The van der Waals surface area contributed by atoms with E-state index in [4.69, 9.17) is 9.47 Å². The van der Waals surface area contributed by atoms with Crippen molar-refractivity contribution >= 4 is 0 Å². The Bertz CT molecular complexity index is 1560. The molecule has 0 amide bonds. The fraction of sp³-hybridized carbons (Fsp3) is 0.489. The minimum atomic E-state index is -0.466. The second kappa shape index (κ2) is 16.9. The Hall–Kier alpha value is -3.52. The van der Waals surface area contributed by atoms with Crippen molar-refractivity contribution in [3.05, 3.63) is 117 Å². The molecule has 0 aromatic heterocycles. The fourth-order valence-corrected chi connectivity index (χ4v) is 7.80. The summed E-state index contributed by atoms with van der Waals surface area (Å²) in [5.41, 5.74) is 12.8. The quantitative estimate of drug-likeness (QED) is 0.0872. The van der Waals surface area contributed by atoms with Crippen LogP contribution >= 0.6 is 0 Å². The monoisotopic (exact) mass is 658 g/mol. The van der Waals surface area contributed by atoms with Crippen molar-refractivity contribution in [1.82, 2.24) is 0 Å². The molecule has 0 fully saturated rings. The van der Waals surface area contributed by atoms with E-state index < -0.39 is 5.41 Å². The lowest BCUT2D eigenvalue weighted by molar-refractivity contribution is 0.300. The summed E-state index contributed by atoms with van der Waals surface area (Å²) < 4.78 is 13.1. The Morgan fingerprint density at radius 3 is 1.33 bits per heavy atom. The lowest BCUT2D eigenvalue weighted by Crippen LogP contribution is -2.29. The van der Waals surface area contributed by atoms with Crippen LogP contribution in [0.3, 0.4) is 0 Å². The van der Waals surface area contributed by atoms with Gasteiger partial charge in [-0.05, 0) is 108 Å². The van der Waals surface area contributed by atoms with Gasteiger partial charge in [-0.25, -0.2) is 0 Å². The molecule has 0 saturated carbocycles. The zero-order valence-electron chi connectivity index (χ0n) is 31.9. The third-order valence-corrected chi connectivity index (χ3v) is 11.1. The van der Waals surface area contributed by atoms with E-state index in [2.05, 4.69) is 128 Å². The SMILES string of the molecule is CCCCCCOc1ccc(C2(c3ccc(OCCCCCC)c(C(C)CC)c3)c3cc(C)ccc3-c3ccc(C)cc32)cc1C(C)CC. The van der Waals surface area contributed by atoms with E-state index in [1.807, 2.05) is 0 Å². The molecule has 5 rings (SSSR count). The molecule has 0 heterocycles. The van der Waals surface area contributed by atoms with Crippen molar-refractivity contribution in [2.45, 2.75) is 137 Å². The van der Waals surface area contributed by atoms with Gasteiger partial charge in [0.15, 0.2) is 0 Å². The number of unbranched alkanes of at least 4 members (excludes halogenated alkanes) is 6. The lowest BCUT2D eigenvalue weighted by Gasteiger charge is -2.36. The van der Waals surface area contributed by atoms with E-state index in [0.717, 1.165) is 50.4 Å². The first-order chi connectivity index (χ1) is 23.8. The molecule has 4 aromatic rings. The summed E-state index contributed by atoms with van der Waals surface area (Å²) >= 11 is 0. The van der Waals surface area contributed by atoms with Crippen LogP contribution in [-0.2, 0) is 5.41 Å². The number of hydrogen-bond acceptors (Lipinski definition) is 2. The Labute approximate surface area is 298 Å². The van der Waals surface area contributed by atoms with Gasteiger partial charge in [-0.15, -0.1) is 0 Å². The van der Waals surface area contributed by atoms with Crippen molar-refractivity contribution < 1.29 is 9.47 Å². The Kier molecular flexibility index (Phi) is 12.7. The van der Waals surface area contributed by atoms with Crippen LogP contribution < -0.4 is 9.47 Å². The molecular weight excluding hydrogens is 597 g/mol. The normalized spacial score (nSPS) is 14.3. The summed E-state index contributed by atoms with van der Waals surface area (Å²) in [6, 6.07) is 28.5. The van der Waals surface area contributed by atoms with Crippen molar-refractivity contribution in [3.63, 3.8) is 0 Å². The molecule has 0 radical (unpaired) electrons. The standard InChI is InChI=1S/C47H62O2/c1-9-13-15-17-27-48-45-25-21-37(31-41(45)35(7)11-3)47(43-29-33(5)19-23-39(43)40-24-20-34(6)30-44(40)47)38-22-26-46(42(32-38)36(8)12-4)49-28-18-16-14-10-2/h19-26,29-32,35-36H,9-18,27-28H2,1-8H3. The molecular formula is C47H62O2. The lowest BCUT2D eigenvalue weighted by atomic mass is 9.66. The third-order valence-electron chi connectivity index (χ3n) is 11.1. The van der Waals surface area contributed by atoms with Gasteiger partial charge in [-0.3, -0.25) is 0 Å². The van der Waals surface area contributed by atoms with Crippen LogP contribution in [0.5, 0.6) is 11.5 Å². The molecule has 262 valence electrons. The van der Waals surface area contributed by atoms with Crippen molar-refractivity contribution in [2.24, 2.45) is 0 Å². The molecule has 1 aliphatic rings. The second-order valence-electron chi connectivity index (χ2n) is 14.8. The maximum atomic E-state index is 6.57. The van der Waals surface area contributed by atoms with Gasteiger partial charge in [0.25, 0.3) is 0 Å². The summed E-state index contributed by atoms with van der Waals surface area (Å²) in [4.78, 5) is 0. The highest BCUT2D eigenvalue weighted by Crippen LogP contribution is 2.57. The first-order valence-electron chi connectivity index (χ1n) is 19.6. The van der Waals surface area contributed by atoms with Gasteiger partial charge in [-0.2, -0.15) is 0 Å². The minimum absolute atomic E-state index is 0.386. The topological polar surface area (TPSA) is 18.5 Å². The van der Waals surface area contributed by atoms with Crippen molar-refractivity contribution in [3.8, 4) is 22.6 Å². The summed E-state index contributed by atoms with van der Waals surface area (Å²) in [5, 5.41) is 0. The molecule has 49 heavy (non-hydrogen) atoms. The van der Waals surface area contributed by atoms with Gasteiger partial charge >= 0.3 is 0 Å². The van der Waals surface area contributed by atoms with Crippen LogP contribution in [0.2, 0.25) is 0 Å². The highest BCUT2D eigenvalue weighted by molar-refractivity contribution is 5.87. The minimum Gasteiger partial charge on any atom is -0.493 e. The van der Waals surface area contributed by atoms with Crippen LogP contribution in [0.4, 0.5) is 0 Å². The van der Waals surface area contributed by atoms with Crippen LogP contribution in [0, 0.1) is 13.8 Å². The molecule has 2 unspecified atom stereocenters. The van der Waals surface area contributed by atoms with Crippen LogP contribution in [0.25, 0.3) is 11.1 Å². The molecule has 2 heteroatoms. The molecule has 0 aliphatic heterocycles. The number of hydrogen-bond donors (Lipinski definition) is 0. The summed E-state index contributed by atoms with van der Waals surface area (Å²) in [6.45, 7) is 19.8. The first-order valence-corrected chi connectivity index (χ1v) is 19.6. The Morgan fingerprint density at radius 2 is 0.939 bits per heavy atom. The molecule has 2 atom stereocenters. The van der Waals surface area contributed by atoms with E-state index in [-0.39, 0.29) is 0 Å². The molecule has 1 aliphatic carbocycles. The maximum Gasteiger partial charge on any atom is 0.122 e. The number of benzene rings is 4. The zero-order chi connectivity index (χ0) is 35.0. The number of fused-ring (bicyclic) bond motifs is 3. The third kappa shape index (κ3) is 7.64. The average Bonchev–Trinajstić information content (AvgIpc) is 3.39. The number of rotatable bonds is 18. The predicted octanol–water partition coefficient (Wildman–Crippen LogP) is 13.6. The van der Waals surface area contributed by atoms with Gasteiger partial charge < -0.3 is 9.47 Å². The largest absolute Gasteiger partial charge is 0.493 e. The van der Waals surface area contributed by atoms with Crippen molar-refractivity contribution in [2.75, 3.05) is 13.2 Å². The molecule has 0 spiro atoms. The zero-order valence-corrected chi connectivity index (χ0v) is 31.9. The highest BCUT2D eigenvalue weighted by Gasteiger charge is 2.47. The smallest absolute Gasteiger partial charge is 0.122 e. The van der Waals surface area contributed by atoms with E-state index in [1.54, 1.807) is 0 Å². The Morgan fingerprint density at radius 1 is 0.510 bits per heavy atom. The van der Waals surface area contributed by atoms with Crippen LogP contribution in [-0.4, -0.2) is 13.2 Å². The predicted molar refractivity (Wildman–Crippen MR) is 210 cm³/mol. The van der Waals surface area contributed by atoms with Gasteiger partial charge in [-0.1, -0.05) is 152 Å². The summed E-state index contributed by atoms with van der Waals surface area (Å²) in [5.74, 6) is 2.86. The molecule has 2 nitrogen and oxygen atoms in total. The Balaban J connectivity index is 1.74. The van der Waals surface area contributed by atoms with E-state index >= 15 is 0 Å². The van der Waals surface area contributed by atoms with Gasteiger partial charge in [0.05, 0.1) is 18.6 Å². The maximum absolute atomic E-state index is 6.57. The van der Waals surface area contributed by atoms with E-state index in [0.29, 0.717) is 11.8 Å².